The van der Waals surface area contributed by atoms with E-state index in [0.29, 0.717) is 24.3 Å². The van der Waals surface area contributed by atoms with Gasteiger partial charge in [0.25, 0.3) is 0 Å². The van der Waals surface area contributed by atoms with Crippen LogP contribution in [0.5, 0.6) is 0 Å². The molecule has 5 nitrogen and oxygen atoms in total. The van der Waals surface area contributed by atoms with E-state index in [-0.39, 0.29) is 11.4 Å². The second-order valence-electron chi connectivity index (χ2n) is 4.06. The van der Waals surface area contributed by atoms with Gasteiger partial charge in [-0.25, -0.2) is 4.98 Å². The standard InChI is InChI=1S/C11H13ClN4O/c12-11-14-7-8(6-13)10(15-11)16-4-1-2-9(17)3-5-16/h7,9,17H,1-5H2. The van der Waals surface area contributed by atoms with Gasteiger partial charge < -0.3 is 10.0 Å². The predicted octanol–water partition coefficient (Wildman–Crippen LogP) is 1.35. The van der Waals surface area contributed by atoms with E-state index in [1.165, 1.54) is 6.20 Å². The highest BCUT2D eigenvalue weighted by atomic mass is 35.5. The van der Waals surface area contributed by atoms with Crippen LogP contribution in [0.3, 0.4) is 0 Å². The van der Waals surface area contributed by atoms with Gasteiger partial charge in [0, 0.05) is 13.1 Å². The van der Waals surface area contributed by atoms with Crippen molar-refractivity contribution < 1.29 is 5.11 Å². The molecule has 0 bridgehead atoms. The zero-order valence-electron chi connectivity index (χ0n) is 9.30. The lowest BCUT2D eigenvalue weighted by molar-refractivity contribution is 0.161. The number of rotatable bonds is 1. The molecule has 90 valence electrons. The number of anilines is 1. The summed E-state index contributed by atoms with van der Waals surface area (Å²) in [7, 11) is 0. The van der Waals surface area contributed by atoms with Crippen LogP contribution in [0, 0.1) is 11.3 Å². The van der Waals surface area contributed by atoms with Crippen molar-refractivity contribution in [3.8, 4) is 6.07 Å². The van der Waals surface area contributed by atoms with E-state index in [4.69, 9.17) is 16.9 Å². The van der Waals surface area contributed by atoms with Crippen molar-refractivity contribution >= 4 is 17.4 Å². The monoisotopic (exact) mass is 252 g/mol. The third-order valence-corrected chi connectivity index (χ3v) is 3.04. The van der Waals surface area contributed by atoms with Gasteiger partial charge in [-0.1, -0.05) is 0 Å². The van der Waals surface area contributed by atoms with Gasteiger partial charge in [-0.15, -0.1) is 0 Å². The van der Waals surface area contributed by atoms with Crippen LogP contribution in [0.15, 0.2) is 6.20 Å². The highest BCUT2D eigenvalue weighted by Gasteiger charge is 2.19. The van der Waals surface area contributed by atoms with Crippen LogP contribution >= 0.6 is 11.6 Å². The first-order valence-corrected chi connectivity index (χ1v) is 5.94. The average Bonchev–Trinajstić information content (AvgIpc) is 2.54. The maximum atomic E-state index is 9.58. The Morgan fingerprint density at radius 1 is 1.47 bits per heavy atom. The van der Waals surface area contributed by atoms with Crippen molar-refractivity contribution in [2.45, 2.75) is 25.4 Å². The third kappa shape index (κ3) is 2.84. The van der Waals surface area contributed by atoms with Crippen LogP contribution < -0.4 is 4.90 Å². The summed E-state index contributed by atoms with van der Waals surface area (Å²) in [5.41, 5.74) is 0.422. The number of halogens is 1. The Labute approximate surface area is 105 Å². The number of nitrogens with zero attached hydrogens (tertiary/aromatic N) is 4. The second-order valence-corrected chi connectivity index (χ2v) is 4.40. The molecule has 1 atom stereocenters. The molecule has 1 unspecified atom stereocenters. The summed E-state index contributed by atoms with van der Waals surface area (Å²) in [6, 6.07) is 2.06. The summed E-state index contributed by atoms with van der Waals surface area (Å²) in [6.45, 7) is 1.46. The van der Waals surface area contributed by atoms with Crippen LogP contribution in [0.25, 0.3) is 0 Å². The summed E-state index contributed by atoms with van der Waals surface area (Å²) in [6.07, 6.45) is 3.53. The molecule has 0 spiro atoms. The van der Waals surface area contributed by atoms with Crippen LogP contribution in [-0.2, 0) is 0 Å². The summed E-state index contributed by atoms with van der Waals surface area (Å²) in [5, 5.41) is 18.7. The van der Waals surface area contributed by atoms with E-state index in [9.17, 15) is 5.11 Å². The number of aliphatic hydroxyl groups excluding tert-OH is 1. The van der Waals surface area contributed by atoms with Crippen LogP contribution in [0.2, 0.25) is 5.28 Å². The first-order chi connectivity index (χ1) is 8.20. The van der Waals surface area contributed by atoms with Gasteiger partial charge in [-0.2, -0.15) is 10.2 Å². The van der Waals surface area contributed by atoms with Crippen molar-refractivity contribution in [1.82, 2.24) is 9.97 Å². The van der Waals surface area contributed by atoms with Crippen LogP contribution in [0.1, 0.15) is 24.8 Å². The molecule has 2 heterocycles. The molecule has 1 saturated heterocycles. The van der Waals surface area contributed by atoms with Gasteiger partial charge in [0.05, 0.1) is 12.3 Å². The molecule has 0 amide bonds. The molecule has 17 heavy (non-hydrogen) atoms. The quantitative estimate of drug-likeness (QED) is 0.764. The number of nitriles is 1. The SMILES string of the molecule is N#Cc1cnc(Cl)nc1N1CCCC(O)CC1. The molecule has 0 aliphatic carbocycles. The van der Waals surface area contributed by atoms with E-state index in [1.807, 2.05) is 4.90 Å². The van der Waals surface area contributed by atoms with Gasteiger partial charge in [-0.05, 0) is 30.9 Å². The topological polar surface area (TPSA) is 73.0 Å². The van der Waals surface area contributed by atoms with Crippen molar-refractivity contribution in [2.75, 3.05) is 18.0 Å². The minimum absolute atomic E-state index is 0.142. The zero-order chi connectivity index (χ0) is 12.3. The molecule has 2 rings (SSSR count). The van der Waals surface area contributed by atoms with Crippen molar-refractivity contribution in [3.05, 3.63) is 17.0 Å². The Balaban J connectivity index is 2.26. The molecule has 0 aromatic carbocycles. The lowest BCUT2D eigenvalue weighted by Crippen LogP contribution is -2.26. The molecule has 6 heteroatoms. The maximum Gasteiger partial charge on any atom is 0.224 e. The zero-order valence-corrected chi connectivity index (χ0v) is 10.1. The molecular weight excluding hydrogens is 240 g/mol. The highest BCUT2D eigenvalue weighted by Crippen LogP contribution is 2.22. The first-order valence-electron chi connectivity index (χ1n) is 5.56. The summed E-state index contributed by atoms with van der Waals surface area (Å²) in [5.74, 6) is 0.571. The Bertz CT molecular complexity index is 446. The Hall–Kier alpha value is -1.38. The lowest BCUT2D eigenvalue weighted by Gasteiger charge is -2.22. The Morgan fingerprint density at radius 2 is 2.29 bits per heavy atom. The third-order valence-electron chi connectivity index (χ3n) is 2.86. The smallest absolute Gasteiger partial charge is 0.224 e. The van der Waals surface area contributed by atoms with Gasteiger partial charge in [0.2, 0.25) is 5.28 Å². The Morgan fingerprint density at radius 3 is 3.06 bits per heavy atom. The molecule has 1 aliphatic heterocycles. The number of aliphatic hydroxyl groups is 1. The fourth-order valence-electron chi connectivity index (χ4n) is 1.96. The van der Waals surface area contributed by atoms with Crippen molar-refractivity contribution in [1.29, 1.82) is 5.26 Å². The van der Waals surface area contributed by atoms with Gasteiger partial charge in [0.15, 0.2) is 5.82 Å². The summed E-state index contributed by atoms with van der Waals surface area (Å²) < 4.78 is 0. The van der Waals surface area contributed by atoms with E-state index >= 15 is 0 Å². The minimum Gasteiger partial charge on any atom is -0.393 e. The summed E-state index contributed by atoms with van der Waals surface area (Å²) in [4.78, 5) is 9.90. The molecule has 1 N–H and O–H groups in total. The normalized spacial score (nSPS) is 20.8. The first kappa shape index (κ1) is 12.1. The second kappa shape index (κ2) is 5.30. The van der Waals surface area contributed by atoms with Crippen molar-refractivity contribution in [3.63, 3.8) is 0 Å². The summed E-state index contributed by atoms with van der Waals surface area (Å²) >= 11 is 5.75. The fourth-order valence-corrected chi connectivity index (χ4v) is 2.09. The molecule has 0 saturated carbocycles. The minimum atomic E-state index is -0.261. The van der Waals surface area contributed by atoms with Crippen LogP contribution in [-0.4, -0.2) is 34.3 Å². The van der Waals surface area contributed by atoms with E-state index in [1.54, 1.807) is 0 Å². The number of hydrogen-bond acceptors (Lipinski definition) is 5. The molecule has 1 aliphatic rings. The molecule has 0 radical (unpaired) electrons. The van der Waals surface area contributed by atoms with E-state index in [0.717, 1.165) is 19.4 Å². The number of aromatic nitrogens is 2. The molecular formula is C11H13ClN4O. The van der Waals surface area contributed by atoms with E-state index < -0.39 is 0 Å². The lowest BCUT2D eigenvalue weighted by atomic mass is 10.2. The Kier molecular flexibility index (Phi) is 3.77. The van der Waals surface area contributed by atoms with Gasteiger partial charge in [-0.3, -0.25) is 0 Å². The molecule has 1 aromatic heterocycles. The van der Waals surface area contributed by atoms with Gasteiger partial charge in [0.1, 0.15) is 11.6 Å². The van der Waals surface area contributed by atoms with Crippen molar-refractivity contribution in [2.24, 2.45) is 0 Å². The predicted molar refractivity (Wildman–Crippen MR) is 63.8 cm³/mol. The molecule has 1 aromatic rings. The average molecular weight is 253 g/mol. The maximum absolute atomic E-state index is 9.58. The van der Waals surface area contributed by atoms with Gasteiger partial charge >= 0.3 is 0 Å². The number of hydrogen-bond donors (Lipinski definition) is 1. The van der Waals surface area contributed by atoms with E-state index in [2.05, 4.69) is 16.0 Å². The largest absolute Gasteiger partial charge is 0.393 e. The van der Waals surface area contributed by atoms with Crippen LogP contribution in [0.4, 0.5) is 5.82 Å². The highest BCUT2D eigenvalue weighted by molar-refractivity contribution is 6.28. The molecule has 1 fully saturated rings. The fraction of sp³-hybridized carbons (Fsp3) is 0.545.